The Labute approximate surface area is 166 Å². The summed E-state index contributed by atoms with van der Waals surface area (Å²) in [6.07, 6.45) is 3.06. The Balaban J connectivity index is 1.50. The van der Waals surface area contributed by atoms with Gasteiger partial charge in [0.2, 0.25) is 0 Å². The molecule has 0 aliphatic carbocycles. The number of esters is 1. The van der Waals surface area contributed by atoms with Crippen LogP contribution in [0.15, 0.2) is 55.1 Å². The molecule has 0 saturated heterocycles. The number of hydrogen-bond donors (Lipinski definition) is 1. The van der Waals surface area contributed by atoms with Crippen LogP contribution in [0.1, 0.15) is 15.9 Å². The highest BCUT2D eigenvalue weighted by atomic mass is 35.5. The SMILES string of the molecule is COc1ccc(NC(=O)COC(=O)c2ccc(Cn3cncn3)cc2)cc1Cl. The van der Waals surface area contributed by atoms with E-state index in [0.29, 0.717) is 28.6 Å². The molecule has 0 aliphatic rings. The highest BCUT2D eigenvalue weighted by Crippen LogP contribution is 2.27. The number of carbonyl (C=O) groups excluding carboxylic acids is 2. The number of benzene rings is 2. The zero-order valence-corrected chi connectivity index (χ0v) is 15.7. The van der Waals surface area contributed by atoms with Gasteiger partial charge in [0.05, 0.1) is 24.2 Å². The number of amides is 1. The monoisotopic (exact) mass is 400 g/mol. The molecule has 1 heterocycles. The number of nitrogens with one attached hydrogen (secondary N) is 1. The molecule has 1 aromatic heterocycles. The summed E-state index contributed by atoms with van der Waals surface area (Å²) in [5, 5.41) is 6.99. The Morgan fingerprint density at radius 2 is 1.96 bits per heavy atom. The van der Waals surface area contributed by atoms with Crippen LogP contribution in [0.4, 0.5) is 5.69 Å². The van der Waals surface area contributed by atoms with Crippen molar-refractivity contribution < 1.29 is 19.1 Å². The van der Waals surface area contributed by atoms with Crippen molar-refractivity contribution in [2.45, 2.75) is 6.54 Å². The van der Waals surface area contributed by atoms with E-state index in [1.165, 1.54) is 13.4 Å². The number of hydrogen-bond acceptors (Lipinski definition) is 6. The quantitative estimate of drug-likeness (QED) is 0.613. The van der Waals surface area contributed by atoms with E-state index in [-0.39, 0.29) is 0 Å². The van der Waals surface area contributed by atoms with E-state index in [9.17, 15) is 9.59 Å². The third kappa shape index (κ3) is 5.08. The third-order valence-corrected chi connectivity index (χ3v) is 4.07. The van der Waals surface area contributed by atoms with Gasteiger partial charge in [-0.2, -0.15) is 5.10 Å². The zero-order chi connectivity index (χ0) is 19.9. The molecule has 0 saturated carbocycles. The molecule has 3 rings (SSSR count). The maximum atomic E-state index is 12.1. The minimum atomic E-state index is -0.588. The van der Waals surface area contributed by atoms with Crippen LogP contribution in [-0.2, 0) is 16.1 Å². The first-order valence-electron chi connectivity index (χ1n) is 8.27. The molecule has 1 N–H and O–H groups in total. The van der Waals surface area contributed by atoms with Gasteiger partial charge >= 0.3 is 5.97 Å². The highest BCUT2D eigenvalue weighted by molar-refractivity contribution is 6.32. The van der Waals surface area contributed by atoms with Gasteiger partial charge in [-0.15, -0.1) is 0 Å². The van der Waals surface area contributed by atoms with Crippen molar-refractivity contribution in [2.75, 3.05) is 19.0 Å². The molecular weight excluding hydrogens is 384 g/mol. The van der Waals surface area contributed by atoms with Crippen molar-refractivity contribution in [1.82, 2.24) is 14.8 Å². The number of carbonyl (C=O) groups is 2. The van der Waals surface area contributed by atoms with Gasteiger partial charge in [0.25, 0.3) is 5.91 Å². The second-order valence-corrected chi connectivity index (χ2v) is 6.17. The Bertz CT molecular complexity index is 959. The predicted molar refractivity (Wildman–Crippen MR) is 102 cm³/mol. The Hall–Kier alpha value is -3.39. The van der Waals surface area contributed by atoms with Crippen molar-refractivity contribution in [3.63, 3.8) is 0 Å². The molecule has 0 radical (unpaired) electrons. The van der Waals surface area contributed by atoms with Gasteiger partial charge in [-0.3, -0.25) is 4.79 Å². The lowest BCUT2D eigenvalue weighted by Crippen LogP contribution is -2.21. The zero-order valence-electron chi connectivity index (χ0n) is 15.0. The van der Waals surface area contributed by atoms with Crippen LogP contribution in [-0.4, -0.2) is 40.4 Å². The van der Waals surface area contributed by atoms with Crippen LogP contribution in [0.3, 0.4) is 0 Å². The lowest BCUT2D eigenvalue weighted by atomic mass is 10.1. The molecule has 0 aliphatic heterocycles. The first-order valence-corrected chi connectivity index (χ1v) is 8.65. The summed E-state index contributed by atoms with van der Waals surface area (Å²) in [4.78, 5) is 27.9. The summed E-state index contributed by atoms with van der Waals surface area (Å²) >= 11 is 6.01. The van der Waals surface area contributed by atoms with Gasteiger partial charge in [-0.05, 0) is 35.9 Å². The minimum Gasteiger partial charge on any atom is -0.495 e. The van der Waals surface area contributed by atoms with E-state index >= 15 is 0 Å². The van der Waals surface area contributed by atoms with Crippen molar-refractivity contribution in [2.24, 2.45) is 0 Å². The molecule has 144 valence electrons. The number of nitrogens with zero attached hydrogens (tertiary/aromatic N) is 3. The van der Waals surface area contributed by atoms with Gasteiger partial charge in [-0.25, -0.2) is 14.5 Å². The molecule has 0 bridgehead atoms. The molecule has 0 fully saturated rings. The smallest absolute Gasteiger partial charge is 0.338 e. The summed E-state index contributed by atoms with van der Waals surface area (Å²) in [6, 6.07) is 11.7. The fourth-order valence-electron chi connectivity index (χ4n) is 2.40. The summed E-state index contributed by atoms with van der Waals surface area (Å²) in [5.41, 5.74) is 1.78. The maximum absolute atomic E-state index is 12.1. The number of methoxy groups -OCH3 is 1. The molecule has 0 unspecified atom stereocenters. The third-order valence-electron chi connectivity index (χ3n) is 3.77. The van der Waals surface area contributed by atoms with Crippen molar-refractivity contribution >= 4 is 29.2 Å². The lowest BCUT2D eigenvalue weighted by Gasteiger charge is -2.09. The van der Waals surface area contributed by atoms with E-state index in [2.05, 4.69) is 15.4 Å². The molecule has 1 amide bonds. The van der Waals surface area contributed by atoms with Gasteiger partial charge in [-0.1, -0.05) is 23.7 Å². The lowest BCUT2D eigenvalue weighted by molar-refractivity contribution is -0.119. The van der Waals surface area contributed by atoms with Gasteiger partial charge in [0.1, 0.15) is 18.4 Å². The van der Waals surface area contributed by atoms with E-state index in [4.69, 9.17) is 21.1 Å². The molecule has 9 heteroatoms. The summed E-state index contributed by atoms with van der Waals surface area (Å²) in [5.74, 6) is -0.564. The normalized spacial score (nSPS) is 10.4. The Kier molecular flexibility index (Phi) is 6.23. The summed E-state index contributed by atoms with van der Waals surface area (Å²) < 4.78 is 11.8. The van der Waals surface area contributed by atoms with Crippen molar-refractivity contribution in [3.8, 4) is 5.75 Å². The number of rotatable bonds is 7. The molecule has 28 heavy (non-hydrogen) atoms. The predicted octanol–water partition coefficient (Wildman–Crippen LogP) is 2.78. The molecular formula is C19H17ClN4O4. The van der Waals surface area contributed by atoms with Crippen molar-refractivity contribution in [3.05, 3.63) is 71.3 Å². The van der Waals surface area contributed by atoms with Gasteiger partial charge in [0.15, 0.2) is 6.61 Å². The molecule has 0 spiro atoms. The van der Waals surface area contributed by atoms with E-state index in [0.717, 1.165) is 5.56 Å². The fourth-order valence-corrected chi connectivity index (χ4v) is 2.66. The summed E-state index contributed by atoms with van der Waals surface area (Å²) in [6.45, 7) is 0.130. The fraction of sp³-hybridized carbons (Fsp3) is 0.158. The highest BCUT2D eigenvalue weighted by Gasteiger charge is 2.11. The second-order valence-electron chi connectivity index (χ2n) is 5.76. The van der Waals surface area contributed by atoms with Crippen LogP contribution in [0, 0.1) is 0 Å². The van der Waals surface area contributed by atoms with Crippen LogP contribution < -0.4 is 10.1 Å². The molecule has 2 aromatic carbocycles. The number of ether oxygens (including phenoxy) is 2. The second kappa shape index (κ2) is 9.01. The first-order chi connectivity index (χ1) is 13.5. The van der Waals surface area contributed by atoms with E-state index in [1.54, 1.807) is 53.5 Å². The topological polar surface area (TPSA) is 95.3 Å². The first kappa shape index (κ1) is 19.4. The van der Waals surface area contributed by atoms with Crippen molar-refractivity contribution in [1.29, 1.82) is 0 Å². The average molecular weight is 401 g/mol. The van der Waals surface area contributed by atoms with E-state index < -0.39 is 18.5 Å². The number of anilines is 1. The van der Waals surface area contributed by atoms with Crippen LogP contribution in [0.25, 0.3) is 0 Å². The van der Waals surface area contributed by atoms with Gasteiger partial charge < -0.3 is 14.8 Å². The largest absolute Gasteiger partial charge is 0.495 e. The number of aromatic nitrogens is 3. The standard InChI is InChI=1S/C19H17ClN4O4/c1-27-17-7-6-15(8-16(17)20)23-18(25)10-28-19(26)14-4-2-13(3-5-14)9-24-12-21-11-22-24/h2-8,11-12H,9-10H2,1H3,(H,23,25). The molecule has 0 atom stereocenters. The van der Waals surface area contributed by atoms with Crippen LogP contribution >= 0.6 is 11.6 Å². The molecule has 8 nitrogen and oxygen atoms in total. The van der Waals surface area contributed by atoms with Gasteiger partial charge in [0, 0.05) is 5.69 Å². The maximum Gasteiger partial charge on any atom is 0.338 e. The average Bonchev–Trinajstić information content (AvgIpc) is 3.20. The summed E-state index contributed by atoms with van der Waals surface area (Å²) in [7, 11) is 1.50. The van der Waals surface area contributed by atoms with Crippen LogP contribution in [0.5, 0.6) is 5.75 Å². The Morgan fingerprint density at radius 3 is 2.61 bits per heavy atom. The Morgan fingerprint density at radius 1 is 1.18 bits per heavy atom. The minimum absolute atomic E-state index is 0.350. The van der Waals surface area contributed by atoms with Crippen LogP contribution in [0.2, 0.25) is 5.02 Å². The van der Waals surface area contributed by atoms with E-state index in [1.807, 2.05) is 0 Å². The molecule has 3 aromatic rings. The number of halogens is 1.